The van der Waals surface area contributed by atoms with Crippen LogP contribution in [0.1, 0.15) is 38.7 Å². The van der Waals surface area contributed by atoms with E-state index in [0.717, 1.165) is 41.9 Å². The second-order valence-electron chi connectivity index (χ2n) is 5.09. The zero-order valence-electron chi connectivity index (χ0n) is 12.8. The number of aromatic nitrogens is 2. The molecule has 0 fully saturated rings. The summed E-state index contributed by atoms with van der Waals surface area (Å²) in [4.78, 5) is 13.5. The summed E-state index contributed by atoms with van der Waals surface area (Å²) in [6, 6.07) is 5.98. The zero-order valence-corrected chi connectivity index (χ0v) is 13.6. The molecule has 2 rings (SSSR count). The quantitative estimate of drug-likeness (QED) is 0.761. The molecule has 0 atom stereocenters. The molecule has 0 amide bonds. The van der Waals surface area contributed by atoms with Crippen LogP contribution in [0.3, 0.4) is 0 Å². The van der Waals surface area contributed by atoms with Gasteiger partial charge in [0.15, 0.2) is 0 Å². The van der Waals surface area contributed by atoms with Gasteiger partial charge in [-0.25, -0.2) is 4.68 Å². The SMILES string of the molecule is CCCCNCc1cc(-c2cccs2)nn(CCC)c1=O. The Hall–Kier alpha value is -1.46. The molecule has 21 heavy (non-hydrogen) atoms. The molecule has 0 aliphatic heterocycles. The van der Waals surface area contributed by atoms with Gasteiger partial charge in [0.1, 0.15) is 5.69 Å². The molecule has 0 unspecified atom stereocenters. The van der Waals surface area contributed by atoms with Gasteiger partial charge in [0.2, 0.25) is 0 Å². The van der Waals surface area contributed by atoms with Gasteiger partial charge in [-0.15, -0.1) is 11.3 Å². The van der Waals surface area contributed by atoms with Gasteiger partial charge in [-0.05, 0) is 36.9 Å². The summed E-state index contributed by atoms with van der Waals surface area (Å²) in [5.74, 6) is 0. The standard InChI is InChI=1S/C16H23N3OS/c1-3-5-8-17-12-13-11-14(15-7-6-10-21-15)18-19(9-4-2)16(13)20/h6-7,10-11,17H,3-5,8-9,12H2,1-2H3. The Balaban J connectivity index is 2.27. The smallest absolute Gasteiger partial charge is 0.271 e. The first kappa shape index (κ1) is 15.9. The zero-order chi connectivity index (χ0) is 15.1. The lowest BCUT2D eigenvalue weighted by Crippen LogP contribution is -2.29. The van der Waals surface area contributed by atoms with E-state index in [4.69, 9.17) is 0 Å². The second kappa shape index (κ2) is 8.10. The van der Waals surface area contributed by atoms with E-state index >= 15 is 0 Å². The molecule has 0 saturated carbocycles. The molecule has 2 aromatic rings. The van der Waals surface area contributed by atoms with Gasteiger partial charge in [-0.1, -0.05) is 26.3 Å². The van der Waals surface area contributed by atoms with Crippen LogP contribution >= 0.6 is 11.3 Å². The maximum absolute atomic E-state index is 12.4. The molecule has 5 heteroatoms. The molecule has 0 bridgehead atoms. The van der Waals surface area contributed by atoms with Crippen LogP contribution in [-0.4, -0.2) is 16.3 Å². The van der Waals surface area contributed by atoms with Crippen LogP contribution in [0.2, 0.25) is 0 Å². The molecule has 0 spiro atoms. The highest BCUT2D eigenvalue weighted by Crippen LogP contribution is 2.22. The van der Waals surface area contributed by atoms with Crippen molar-refractivity contribution in [1.82, 2.24) is 15.1 Å². The minimum Gasteiger partial charge on any atom is -0.312 e. The number of nitrogens with one attached hydrogen (secondary N) is 1. The Morgan fingerprint density at radius 3 is 2.86 bits per heavy atom. The molecule has 2 aromatic heterocycles. The number of aryl methyl sites for hydroxylation is 1. The number of rotatable bonds is 8. The van der Waals surface area contributed by atoms with Crippen molar-refractivity contribution < 1.29 is 0 Å². The predicted molar refractivity (Wildman–Crippen MR) is 88.7 cm³/mol. The van der Waals surface area contributed by atoms with Crippen LogP contribution in [0, 0.1) is 0 Å². The lowest BCUT2D eigenvalue weighted by atomic mass is 10.2. The fourth-order valence-electron chi connectivity index (χ4n) is 2.16. The van der Waals surface area contributed by atoms with Crippen LogP contribution < -0.4 is 10.9 Å². The van der Waals surface area contributed by atoms with Crippen LogP contribution in [0.15, 0.2) is 28.4 Å². The lowest BCUT2D eigenvalue weighted by Gasteiger charge is -2.10. The van der Waals surface area contributed by atoms with E-state index in [1.54, 1.807) is 16.0 Å². The number of nitrogens with zero attached hydrogens (tertiary/aromatic N) is 2. The van der Waals surface area contributed by atoms with Crippen molar-refractivity contribution in [3.8, 4) is 10.6 Å². The van der Waals surface area contributed by atoms with Gasteiger partial charge in [0.05, 0.1) is 4.88 Å². The van der Waals surface area contributed by atoms with Crippen molar-refractivity contribution in [2.45, 2.75) is 46.2 Å². The third-order valence-corrected chi connectivity index (χ3v) is 4.17. The average molecular weight is 305 g/mol. The van der Waals surface area contributed by atoms with E-state index in [1.807, 2.05) is 23.6 Å². The Bertz CT molecular complexity index is 604. The van der Waals surface area contributed by atoms with Crippen LogP contribution in [0.25, 0.3) is 10.6 Å². The number of thiophene rings is 1. The third-order valence-electron chi connectivity index (χ3n) is 3.28. The number of unbranched alkanes of at least 4 members (excludes halogenated alkanes) is 1. The van der Waals surface area contributed by atoms with E-state index in [2.05, 4.69) is 24.3 Å². The second-order valence-corrected chi connectivity index (χ2v) is 6.04. The fourth-order valence-corrected chi connectivity index (χ4v) is 2.84. The summed E-state index contributed by atoms with van der Waals surface area (Å²) in [6.45, 7) is 6.45. The van der Waals surface area contributed by atoms with Crippen LogP contribution in [0.5, 0.6) is 0 Å². The molecule has 0 aliphatic rings. The highest BCUT2D eigenvalue weighted by atomic mass is 32.1. The molecule has 114 valence electrons. The highest BCUT2D eigenvalue weighted by Gasteiger charge is 2.10. The van der Waals surface area contributed by atoms with E-state index < -0.39 is 0 Å². The van der Waals surface area contributed by atoms with Crippen molar-refractivity contribution in [3.05, 3.63) is 39.5 Å². The minimum absolute atomic E-state index is 0.0288. The lowest BCUT2D eigenvalue weighted by molar-refractivity contribution is 0.556. The summed E-state index contributed by atoms with van der Waals surface area (Å²) in [7, 11) is 0. The maximum Gasteiger partial charge on any atom is 0.271 e. The molecular weight excluding hydrogens is 282 g/mol. The van der Waals surface area contributed by atoms with Gasteiger partial charge in [-0.2, -0.15) is 5.10 Å². The van der Waals surface area contributed by atoms with Gasteiger partial charge in [-0.3, -0.25) is 4.79 Å². The average Bonchev–Trinajstić information content (AvgIpc) is 3.01. The van der Waals surface area contributed by atoms with Crippen LogP contribution in [0.4, 0.5) is 0 Å². The molecule has 2 heterocycles. The number of hydrogen-bond donors (Lipinski definition) is 1. The van der Waals surface area contributed by atoms with E-state index in [0.29, 0.717) is 13.1 Å². The van der Waals surface area contributed by atoms with Crippen molar-refractivity contribution in [3.63, 3.8) is 0 Å². The summed E-state index contributed by atoms with van der Waals surface area (Å²) >= 11 is 1.65. The molecule has 0 aromatic carbocycles. The van der Waals surface area contributed by atoms with E-state index in [1.165, 1.54) is 0 Å². The number of hydrogen-bond acceptors (Lipinski definition) is 4. The largest absolute Gasteiger partial charge is 0.312 e. The van der Waals surface area contributed by atoms with Gasteiger partial charge < -0.3 is 5.32 Å². The van der Waals surface area contributed by atoms with Crippen molar-refractivity contribution >= 4 is 11.3 Å². The van der Waals surface area contributed by atoms with Gasteiger partial charge in [0.25, 0.3) is 5.56 Å². The van der Waals surface area contributed by atoms with Gasteiger partial charge >= 0.3 is 0 Å². The van der Waals surface area contributed by atoms with Crippen molar-refractivity contribution in [1.29, 1.82) is 0 Å². The van der Waals surface area contributed by atoms with Crippen molar-refractivity contribution in [2.75, 3.05) is 6.54 Å². The fraction of sp³-hybridized carbons (Fsp3) is 0.500. The summed E-state index contributed by atoms with van der Waals surface area (Å²) < 4.78 is 1.60. The Kier molecular flexibility index (Phi) is 6.14. The minimum atomic E-state index is 0.0288. The van der Waals surface area contributed by atoms with Gasteiger partial charge in [0, 0.05) is 18.7 Å². The maximum atomic E-state index is 12.4. The first-order chi connectivity index (χ1) is 10.3. The van der Waals surface area contributed by atoms with E-state index in [9.17, 15) is 4.79 Å². The monoisotopic (exact) mass is 305 g/mol. The third kappa shape index (κ3) is 4.25. The summed E-state index contributed by atoms with van der Waals surface area (Å²) in [6.07, 6.45) is 3.19. The Labute approximate surface area is 129 Å². The molecular formula is C16H23N3OS. The molecule has 0 radical (unpaired) electrons. The van der Waals surface area contributed by atoms with E-state index in [-0.39, 0.29) is 5.56 Å². The first-order valence-corrected chi connectivity index (χ1v) is 8.49. The summed E-state index contributed by atoms with van der Waals surface area (Å²) in [5, 5.41) is 9.88. The van der Waals surface area contributed by atoms with Crippen molar-refractivity contribution in [2.24, 2.45) is 0 Å². The highest BCUT2D eigenvalue weighted by molar-refractivity contribution is 7.13. The molecule has 1 N–H and O–H groups in total. The summed E-state index contributed by atoms with van der Waals surface area (Å²) in [5.41, 5.74) is 1.73. The van der Waals surface area contributed by atoms with Crippen LogP contribution in [-0.2, 0) is 13.1 Å². The Morgan fingerprint density at radius 2 is 2.19 bits per heavy atom. The molecule has 0 saturated heterocycles. The first-order valence-electron chi connectivity index (χ1n) is 7.61. The predicted octanol–water partition coefficient (Wildman–Crippen LogP) is 3.27. The Morgan fingerprint density at radius 1 is 1.33 bits per heavy atom. The normalized spacial score (nSPS) is 11.0. The molecule has 0 aliphatic carbocycles. The molecule has 4 nitrogen and oxygen atoms in total. The topological polar surface area (TPSA) is 46.9 Å².